The normalized spacial score (nSPS) is 13.9. The Hall–Kier alpha value is -4.97. The first kappa shape index (κ1) is 25.3. The fourth-order valence-electron chi connectivity index (χ4n) is 5.10. The minimum absolute atomic E-state index is 0.202. The molecule has 1 saturated heterocycles. The minimum atomic E-state index is -0.412. The molecular formula is C28H28N8O4. The summed E-state index contributed by atoms with van der Waals surface area (Å²) in [7, 11) is 1.54. The largest absolute Gasteiger partial charge is 0.495 e. The lowest BCUT2D eigenvalue weighted by molar-refractivity contribution is -0.131. The summed E-state index contributed by atoms with van der Waals surface area (Å²) in [6.45, 7) is 3.16. The van der Waals surface area contributed by atoms with Crippen LogP contribution in [-0.4, -0.2) is 56.8 Å². The van der Waals surface area contributed by atoms with E-state index in [0.717, 1.165) is 42.4 Å². The van der Waals surface area contributed by atoms with Gasteiger partial charge in [-0.25, -0.2) is 14.6 Å². The van der Waals surface area contributed by atoms with Crippen LogP contribution >= 0.6 is 0 Å². The molecule has 204 valence electrons. The van der Waals surface area contributed by atoms with Gasteiger partial charge in [-0.05, 0) is 62.3 Å². The van der Waals surface area contributed by atoms with E-state index in [2.05, 4.69) is 25.6 Å². The van der Waals surface area contributed by atoms with Gasteiger partial charge in [0.15, 0.2) is 5.65 Å². The molecule has 0 atom stereocenters. The SMILES string of the molecule is COc1cc(-c2nn(C3CCNCC3)c3ncnc(N)c23)ccc1NC(=O)c1cc2cc(OC(C)=O)ccc2[nH]1. The lowest BCUT2D eigenvalue weighted by Gasteiger charge is -2.23. The highest BCUT2D eigenvalue weighted by molar-refractivity contribution is 6.07. The molecule has 1 fully saturated rings. The molecule has 0 radical (unpaired) electrons. The number of H-pyrrole nitrogens is 1. The Bertz CT molecular complexity index is 1750. The Morgan fingerprint density at radius 1 is 1.10 bits per heavy atom. The molecular weight excluding hydrogens is 512 g/mol. The molecule has 12 heteroatoms. The fourth-order valence-corrected chi connectivity index (χ4v) is 5.10. The van der Waals surface area contributed by atoms with E-state index >= 15 is 0 Å². The number of nitrogens with two attached hydrogens (primary N) is 1. The second-order valence-electron chi connectivity index (χ2n) is 9.63. The van der Waals surface area contributed by atoms with Crippen LogP contribution in [0.25, 0.3) is 33.2 Å². The number of nitrogen functional groups attached to an aromatic ring is 1. The average Bonchev–Trinajstić information content (AvgIpc) is 3.56. The Morgan fingerprint density at radius 3 is 2.70 bits per heavy atom. The van der Waals surface area contributed by atoms with Crippen LogP contribution in [0.5, 0.6) is 11.5 Å². The Kier molecular flexibility index (Phi) is 6.52. The summed E-state index contributed by atoms with van der Waals surface area (Å²) in [6, 6.07) is 12.4. The zero-order valence-electron chi connectivity index (χ0n) is 22.0. The van der Waals surface area contributed by atoms with Gasteiger partial charge < -0.3 is 30.8 Å². The molecule has 1 aliphatic rings. The number of carbonyl (C=O) groups is 2. The zero-order valence-corrected chi connectivity index (χ0v) is 22.0. The van der Waals surface area contributed by atoms with Crippen molar-refractivity contribution in [3.05, 3.63) is 54.5 Å². The van der Waals surface area contributed by atoms with E-state index in [1.807, 2.05) is 16.8 Å². The number of hydrogen-bond acceptors (Lipinski definition) is 9. The molecule has 1 amide bonds. The van der Waals surface area contributed by atoms with E-state index in [-0.39, 0.29) is 11.9 Å². The molecule has 0 spiro atoms. The van der Waals surface area contributed by atoms with E-state index in [1.165, 1.54) is 20.4 Å². The third-order valence-electron chi connectivity index (χ3n) is 6.99. The number of benzene rings is 2. The zero-order chi connectivity index (χ0) is 27.8. The van der Waals surface area contributed by atoms with Crippen molar-refractivity contribution >= 4 is 45.3 Å². The van der Waals surface area contributed by atoms with Crippen molar-refractivity contribution in [1.82, 2.24) is 30.0 Å². The number of nitrogens with zero attached hydrogens (tertiary/aromatic N) is 4. The van der Waals surface area contributed by atoms with E-state index in [0.29, 0.717) is 45.4 Å². The molecule has 0 saturated carbocycles. The Balaban J connectivity index is 1.31. The summed E-state index contributed by atoms with van der Waals surface area (Å²) >= 11 is 0. The van der Waals surface area contributed by atoms with E-state index < -0.39 is 5.97 Å². The second-order valence-corrected chi connectivity index (χ2v) is 9.63. The van der Waals surface area contributed by atoms with Crippen LogP contribution < -0.4 is 25.8 Å². The maximum absolute atomic E-state index is 13.1. The highest BCUT2D eigenvalue weighted by Crippen LogP contribution is 2.37. The number of aromatic nitrogens is 5. The summed E-state index contributed by atoms with van der Waals surface area (Å²) in [5.74, 6) is 0.454. The van der Waals surface area contributed by atoms with Gasteiger partial charge in [0.25, 0.3) is 5.91 Å². The van der Waals surface area contributed by atoms with Gasteiger partial charge in [-0.15, -0.1) is 0 Å². The molecule has 1 aliphatic heterocycles. The molecule has 40 heavy (non-hydrogen) atoms. The van der Waals surface area contributed by atoms with Crippen LogP contribution in [-0.2, 0) is 4.79 Å². The monoisotopic (exact) mass is 540 g/mol. The third kappa shape index (κ3) is 4.69. The molecule has 5 aromatic rings. The van der Waals surface area contributed by atoms with Crippen molar-refractivity contribution in [2.24, 2.45) is 0 Å². The van der Waals surface area contributed by atoms with Crippen LogP contribution in [0, 0.1) is 0 Å². The molecule has 12 nitrogen and oxygen atoms in total. The van der Waals surface area contributed by atoms with Crippen LogP contribution in [0.4, 0.5) is 11.5 Å². The van der Waals surface area contributed by atoms with Gasteiger partial charge in [0, 0.05) is 23.4 Å². The Morgan fingerprint density at radius 2 is 1.93 bits per heavy atom. The number of anilines is 2. The number of piperidine rings is 1. The van der Waals surface area contributed by atoms with Crippen molar-refractivity contribution in [2.45, 2.75) is 25.8 Å². The summed E-state index contributed by atoms with van der Waals surface area (Å²) in [6.07, 6.45) is 3.33. The smallest absolute Gasteiger partial charge is 0.308 e. The lowest BCUT2D eigenvalue weighted by Crippen LogP contribution is -2.30. The number of fused-ring (bicyclic) bond motifs is 2. The number of ether oxygens (including phenoxy) is 2. The Labute approximate surface area is 228 Å². The molecule has 0 unspecified atom stereocenters. The summed E-state index contributed by atoms with van der Waals surface area (Å²) in [4.78, 5) is 36.2. The third-order valence-corrected chi connectivity index (χ3v) is 6.99. The standard InChI is InChI=1S/C28H28N8O4/c1-15(37)40-19-4-6-20-17(11-19)12-22(33-20)28(38)34-21-5-3-16(13-23(21)39-2)25-24-26(29)31-14-32-27(24)36(35-25)18-7-9-30-10-8-18/h3-6,11-14,18,30,33H,7-10H2,1-2H3,(H,34,38)(H2,29,31,32). The van der Waals surface area contributed by atoms with Gasteiger partial charge in [-0.2, -0.15) is 5.10 Å². The summed E-state index contributed by atoms with van der Waals surface area (Å²) < 4.78 is 12.7. The van der Waals surface area contributed by atoms with E-state index in [1.54, 1.807) is 30.3 Å². The van der Waals surface area contributed by atoms with E-state index in [4.69, 9.17) is 20.3 Å². The molecule has 6 rings (SSSR count). The number of esters is 1. The molecule has 0 bridgehead atoms. The van der Waals surface area contributed by atoms with Crippen LogP contribution in [0.2, 0.25) is 0 Å². The first-order valence-electron chi connectivity index (χ1n) is 12.9. The van der Waals surface area contributed by atoms with Gasteiger partial charge in [0.1, 0.15) is 35.0 Å². The quantitative estimate of drug-likeness (QED) is 0.186. The van der Waals surface area contributed by atoms with Crippen molar-refractivity contribution < 1.29 is 19.1 Å². The topological polar surface area (TPSA) is 162 Å². The summed E-state index contributed by atoms with van der Waals surface area (Å²) in [5, 5.41) is 12.6. The molecule has 5 N–H and O–H groups in total. The van der Waals surface area contributed by atoms with Crippen molar-refractivity contribution in [3.8, 4) is 22.8 Å². The number of hydrogen-bond donors (Lipinski definition) is 4. The first-order valence-corrected chi connectivity index (χ1v) is 12.9. The van der Waals surface area contributed by atoms with Crippen molar-refractivity contribution in [2.75, 3.05) is 31.2 Å². The predicted octanol–water partition coefficient (Wildman–Crippen LogP) is 3.67. The average molecular weight is 541 g/mol. The van der Waals surface area contributed by atoms with Gasteiger partial charge >= 0.3 is 5.97 Å². The lowest BCUT2D eigenvalue weighted by atomic mass is 10.1. The number of aromatic amines is 1. The first-order chi connectivity index (χ1) is 19.4. The van der Waals surface area contributed by atoms with Crippen molar-refractivity contribution in [1.29, 1.82) is 0 Å². The second kappa shape index (κ2) is 10.3. The highest BCUT2D eigenvalue weighted by atomic mass is 16.5. The number of rotatable bonds is 6. The van der Waals surface area contributed by atoms with Gasteiger partial charge in [0.2, 0.25) is 0 Å². The van der Waals surface area contributed by atoms with Gasteiger partial charge in [-0.1, -0.05) is 6.07 Å². The van der Waals surface area contributed by atoms with E-state index in [9.17, 15) is 9.59 Å². The van der Waals surface area contributed by atoms with Gasteiger partial charge in [-0.3, -0.25) is 9.59 Å². The van der Waals surface area contributed by atoms with Crippen molar-refractivity contribution in [3.63, 3.8) is 0 Å². The number of amides is 1. The van der Waals surface area contributed by atoms with Gasteiger partial charge in [0.05, 0.1) is 24.2 Å². The minimum Gasteiger partial charge on any atom is -0.495 e. The van der Waals surface area contributed by atoms with Crippen LogP contribution in [0.3, 0.4) is 0 Å². The molecule has 3 aromatic heterocycles. The highest BCUT2D eigenvalue weighted by Gasteiger charge is 2.24. The maximum Gasteiger partial charge on any atom is 0.308 e. The molecule has 0 aliphatic carbocycles. The number of methoxy groups -OCH3 is 1. The predicted molar refractivity (Wildman–Crippen MR) is 150 cm³/mol. The maximum atomic E-state index is 13.1. The molecule has 2 aromatic carbocycles. The van der Waals surface area contributed by atoms with Crippen LogP contribution in [0.1, 0.15) is 36.3 Å². The number of nitrogens with one attached hydrogen (secondary N) is 3. The summed E-state index contributed by atoms with van der Waals surface area (Å²) in [5.41, 5.74) is 9.98. The molecule has 4 heterocycles. The fraction of sp³-hybridized carbons (Fsp3) is 0.250. The number of carbonyl (C=O) groups excluding carboxylic acids is 2. The van der Waals surface area contributed by atoms with Crippen LogP contribution in [0.15, 0.2) is 48.8 Å².